The van der Waals surface area contributed by atoms with Crippen LogP contribution in [0.15, 0.2) is 71.5 Å². The number of allylic oxidation sites excluding steroid dienone is 6. The van der Waals surface area contributed by atoms with Crippen LogP contribution in [0.1, 0.15) is 108 Å². The SMILES string of the molecule is COc1c(C#N)cc(C(C)(C)C)cc1C=C(C)C.C\C=C(/C=C(\C(C)=C\C)c1ccc(C(=O)NCC2CCCN2CC)cc1)NC. The maximum atomic E-state index is 12.6. The quantitative estimate of drug-likeness (QED) is 0.259. The lowest BCUT2D eigenvalue weighted by molar-refractivity contribution is 0.0941. The molecule has 2 aromatic carbocycles. The number of likely N-dealkylation sites (tertiary alicyclic amines) is 1. The topological polar surface area (TPSA) is 77.4 Å². The van der Waals surface area contributed by atoms with E-state index in [-0.39, 0.29) is 11.3 Å². The summed E-state index contributed by atoms with van der Waals surface area (Å²) in [6.07, 6.45) is 10.7. The molecule has 248 valence electrons. The van der Waals surface area contributed by atoms with Crippen molar-refractivity contribution >= 4 is 17.6 Å². The predicted molar refractivity (Wildman–Crippen MR) is 195 cm³/mol. The molecule has 1 heterocycles. The summed E-state index contributed by atoms with van der Waals surface area (Å²) in [5.74, 6) is 0.666. The van der Waals surface area contributed by atoms with Gasteiger partial charge in [0.15, 0.2) is 0 Å². The van der Waals surface area contributed by atoms with E-state index in [1.165, 1.54) is 24.0 Å². The number of amides is 1. The number of hydrogen-bond donors (Lipinski definition) is 2. The zero-order valence-corrected chi connectivity index (χ0v) is 30.1. The van der Waals surface area contributed by atoms with Crippen LogP contribution in [-0.2, 0) is 5.41 Å². The Hall–Kier alpha value is -4.08. The van der Waals surface area contributed by atoms with Crippen LogP contribution in [0, 0.1) is 11.3 Å². The Kier molecular flexibility index (Phi) is 15.0. The first-order valence-corrected chi connectivity index (χ1v) is 16.4. The van der Waals surface area contributed by atoms with Crippen LogP contribution < -0.4 is 15.4 Å². The molecule has 1 aliphatic rings. The van der Waals surface area contributed by atoms with E-state index in [1.54, 1.807) is 7.11 Å². The van der Waals surface area contributed by atoms with E-state index in [2.05, 4.69) is 80.5 Å². The number of carbonyl (C=O) groups excluding carboxylic acids is 1. The standard InChI is InChI=1S/C24H35N3O.C16H21NO/c1-6-18(4)23(16-21(7-2)25-5)19-11-13-20(14-12-19)24(28)26-17-22-10-9-15-27(22)8-3;1-11(2)7-12-8-14(16(3,4)5)9-13(10-17)15(12)18-6/h6-7,11-14,16,22,25H,8-10,15,17H2,1-5H3,(H,26,28);7-9H,1-6H3/b18-6+,21-7+,23-16+;. The van der Waals surface area contributed by atoms with Crippen LogP contribution in [0.2, 0.25) is 0 Å². The molecule has 1 unspecified atom stereocenters. The number of nitriles is 1. The summed E-state index contributed by atoms with van der Waals surface area (Å²) in [7, 11) is 3.53. The Bertz CT molecular complexity index is 1480. The van der Waals surface area contributed by atoms with Crippen LogP contribution in [0.3, 0.4) is 0 Å². The van der Waals surface area contributed by atoms with Gasteiger partial charge in [0.25, 0.3) is 5.91 Å². The number of ether oxygens (including phenoxy) is 1. The van der Waals surface area contributed by atoms with Gasteiger partial charge in [-0.25, -0.2) is 0 Å². The van der Waals surface area contributed by atoms with E-state index >= 15 is 0 Å². The molecule has 6 heteroatoms. The molecule has 2 aromatic rings. The van der Waals surface area contributed by atoms with E-state index in [0.29, 0.717) is 22.9 Å². The van der Waals surface area contributed by atoms with E-state index in [1.807, 2.05) is 71.2 Å². The first-order valence-electron chi connectivity index (χ1n) is 16.4. The number of nitrogens with one attached hydrogen (secondary N) is 2. The third kappa shape index (κ3) is 10.8. The number of rotatable bonds is 10. The van der Waals surface area contributed by atoms with Gasteiger partial charge in [-0.15, -0.1) is 0 Å². The first kappa shape index (κ1) is 38.1. The normalized spacial score (nSPS) is 15.8. The Morgan fingerprint density at radius 2 is 1.74 bits per heavy atom. The van der Waals surface area contributed by atoms with E-state index in [0.717, 1.165) is 47.6 Å². The first-order chi connectivity index (χ1) is 21.8. The summed E-state index contributed by atoms with van der Waals surface area (Å²) in [4.78, 5) is 15.0. The molecule has 6 nitrogen and oxygen atoms in total. The highest BCUT2D eigenvalue weighted by Gasteiger charge is 2.23. The second kappa shape index (κ2) is 18.2. The van der Waals surface area contributed by atoms with Crippen molar-refractivity contribution in [2.75, 3.05) is 33.8 Å². The molecule has 0 bridgehead atoms. The number of hydrogen-bond acceptors (Lipinski definition) is 5. The van der Waals surface area contributed by atoms with Crippen LogP contribution >= 0.6 is 0 Å². The molecule has 2 N–H and O–H groups in total. The van der Waals surface area contributed by atoms with Gasteiger partial charge in [0, 0.05) is 36.5 Å². The average Bonchev–Trinajstić information content (AvgIpc) is 3.51. The van der Waals surface area contributed by atoms with E-state index in [4.69, 9.17) is 4.74 Å². The molecule has 1 atom stereocenters. The highest BCUT2D eigenvalue weighted by Crippen LogP contribution is 2.33. The average molecular weight is 625 g/mol. The highest BCUT2D eigenvalue weighted by molar-refractivity contribution is 5.94. The van der Waals surface area contributed by atoms with Crippen LogP contribution in [0.25, 0.3) is 11.6 Å². The molecule has 1 saturated heterocycles. The highest BCUT2D eigenvalue weighted by atomic mass is 16.5. The molecule has 0 radical (unpaired) electrons. The van der Waals surface area contributed by atoms with Gasteiger partial charge in [-0.2, -0.15) is 5.26 Å². The molecule has 1 aliphatic heterocycles. The molecule has 0 aromatic heterocycles. The Morgan fingerprint density at radius 3 is 2.24 bits per heavy atom. The Labute approximate surface area is 278 Å². The fourth-order valence-electron chi connectivity index (χ4n) is 5.51. The van der Waals surface area contributed by atoms with E-state index < -0.39 is 0 Å². The fourth-order valence-corrected chi connectivity index (χ4v) is 5.51. The summed E-state index contributed by atoms with van der Waals surface area (Å²) < 4.78 is 5.37. The van der Waals surface area contributed by atoms with Gasteiger partial charge < -0.3 is 15.4 Å². The molecule has 46 heavy (non-hydrogen) atoms. The van der Waals surface area contributed by atoms with Crippen molar-refractivity contribution in [2.45, 2.75) is 86.6 Å². The summed E-state index contributed by atoms with van der Waals surface area (Å²) in [6, 6.07) is 14.6. The molecule has 1 amide bonds. The summed E-state index contributed by atoms with van der Waals surface area (Å²) in [5, 5.41) is 15.6. The second-order valence-corrected chi connectivity index (χ2v) is 13.0. The van der Waals surface area contributed by atoms with Crippen molar-refractivity contribution in [1.29, 1.82) is 5.26 Å². The van der Waals surface area contributed by atoms with Crippen LogP contribution in [0.4, 0.5) is 0 Å². The summed E-state index contributed by atoms with van der Waals surface area (Å²) in [6.45, 7) is 21.8. The minimum absolute atomic E-state index is 0.00663. The minimum atomic E-state index is 0.00663. The van der Waals surface area contributed by atoms with Crippen molar-refractivity contribution in [3.8, 4) is 11.8 Å². The zero-order valence-electron chi connectivity index (χ0n) is 30.1. The molecule has 3 rings (SSSR count). The lowest BCUT2D eigenvalue weighted by Gasteiger charge is -2.22. The second-order valence-electron chi connectivity index (χ2n) is 13.0. The number of likely N-dealkylation sites (N-methyl/N-ethyl adjacent to an activating group) is 2. The van der Waals surface area contributed by atoms with Gasteiger partial charge >= 0.3 is 0 Å². The third-order valence-corrected chi connectivity index (χ3v) is 8.37. The van der Waals surface area contributed by atoms with Gasteiger partial charge in [-0.05, 0) is 119 Å². The lowest BCUT2D eigenvalue weighted by atomic mass is 9.84. The molecule has 0 aliphatic carbocycles. The Morgan fingerprint density at radius 1 is 1.09 bits per heavy atom. The smallest absolute Gasteiger partial charge is 0.251 e. The number of benzene rings is 2. The molecular weight excluding hydrogens is 568 g/mol. The van der Waals surface area contributed by atoms with Gasteiger partial charge in [0.2, 0.25) is 0 Å². The zero-order chi connectivity index (χ0) is 34.4. The molecule has 0 spiro atoms. The number of nitrogens with zero attached hydrogens (tertiary/aromatic N) is 2. The molecular formula is C40H56N4O2. The van der Waals surface area contributed by atoms with E-state index in [9.17, 15) is 10.1 Å². The monoisotopic (exact) mass is 624 g/mol. The summed E-state index contributed by atoms with van der Waals surface area (Å²) >= 11 is 0. The summed E-state index contributed by atoms with van der Waals surface area (Å²) in [5.41, 5.74) is 9.15. The van der Waals surface area contributed by atoms with Crippen molar-refractivity contribution in [3.05, 3.63) is 99.3 Å². The van der Waals surface area contributed by atoms with Crippen LogP contribution in [0.5, 0.6) is 5.75 Å². The number of methoxy groups -OCH3 is 1. The third-order valence-electron chi connectivity index (χ3n) is 8.37. The Balaban J connectivity index is 0.000000353. The number of carbonyl (C=O) groups is 1. The fraction of sp³-hybridized carbons (Fsp3) is 0.450. The lowest BCUT2D eigenvalue weighted by Crippen LogP contribution is -2.40. The van der Waals surface area contributed by atoms with Crippen molar-refractivity contribution < 1.29 is 9.53 Å². The van der Waals surface area contributed by atoms with Gasteiger partial charge in [-0.3, -0.25) is 9.69 Å². The minimum Gasteiger partial charge on any atom is -0.495 e. The van der Waals surface area contributed by atoms with Gasteiger partial charge in [0.1, 0.15) is 11.8 Å². The molecule has 0 saturated carbocycles. The largest absolute Gasteiger partial charge is 0.495 e. The van der Waals surface area contributed by atoms with Crippen molar-refractivity contribution in [1.82, 2.24) is 15.5 Å². The van der Waals surface area contributed by atoms with Crippen molar-refractivity contribution in [2.24, 2.45) is 0 Å². The molecule has 1 fully saturated rings. The van der Waals surface area contributed by atoms with Gasteiger partial charge in [-0.1, -0.05) is 63.6 Å². The van der Waals surface area contributed by atoms with Crippen LogP contribution in [-0.4, -0.2) is 50.6 Å². The maximum Gasteiger partial charge on any atom is 0.251 e. The van der Waals surface area contributed by atoms with Gasteiger partial charge in [0.05, 0.1) is 12.7 Å². The van der Waals surface area contributed by atoms with Crippen molar-refractivity contribution in [3.63, 3.8) is 0 Å². The predicted octanol–water partition coefficient (Wildman–Crippen LogP) is 8.66. The maximum absolute atomic E-state index is 12.6.